The fraction of sp³-hybridized carbons (Fsp3) is 0.381. The van der Waals surface area contributed by atoms with Gasteiger partial charge in [0, 0.05) is 33.2 Å². The topological polar surface area (TPSA) is 115 Å². The number of hydrogen-bond acceptors (Lipinski definition) is 7. The van der Waals surface area contributed by atoms with Crippen LogP contribution in [0.4, 0.5) is 0 Å². The van der Waals surface area contributed by atoms with Gasteiger partial charge in [0.1, 0.15) is 6.04 Å². The third-order valence-corrected chi connectivity index (χ3v) is 6.78. The molecule has 164 valence electrons. The molecule has 1 fully saturated rings. The van der Waals surface area contributed by atoms with E-state index in [1.54, 1.807) is 58.5 Å². The predicted octanol–water partition coefficient (Wildman–Crippen LogP) is 0.960. The van der Waals surface area contributed by atoms with Crippen LogP contribution in [0.2, 0.25) is 0 Å². The summed E-state index contributed by atoms with van der Waals surface area (Å²) in [5.74, 6) is -1.19. The van der Waals surface area contributed by atoms with Gasteiger partial charge in [-0.05, 0) is 17.7 Å². The van der Waals surface area contributed by atoms with Gasteiger partial charge in [-0.3, -0.25) is 19.4 Å². The summed E-state index contributed by atoms with van der Waals surface area (Å²) < 4.78 is 30.8. The normalized spacial score (nSPS) is 15.8. The second-order valence-electron chi connectivity index (χ2n) is 7.36. The molecule has 2 amide bonds. The highest BCUT2D eigenvalue weighted by atomic mass is 32.2. The predicted molar refractivity (Wildman–Crippen MR) is 112 cm³/mol. The Morgan fingerprint density at radius 1 is 1.13 bits per heavy atom. The van der Waals surface area contributed by atoms with Crippen LogP contribution in [0.1, 0.15) is 16.1 Å². The first-order valence-corrected chi connectivity index (χ1v) is 11.6. The van der Waals surface area contributed by atoms with E-state index in [4.69, 9.17) is 9.68 Å². The van der Waals surface area contributed by atoms with Crippen molar-refractivity contribution >= 4 is 21.7 Å². The van der Waals surface area contributed by atoms with Gasteiger partial charge in [0.25, 0.3) is 11.8 Å². The van der Waals surface area contributed by atoms with E-state index in [0.29, 0.717) is 31.7 Å². The molecule has 0 N–H and O–H groups in total. The maximum Gasteiger partial charge on any atom is 0.289 e. The number of sulfone groups is 1. The summed E-state index contributed by atoms with van der Waals surface area (Å²) >= 11 is 0. The molecule has 0 radical (unpaired) electrons. The number of amides is 2. The lowest BCUT2D eigenvalue weighted by Gasteiger charge is -2.38. The standard InChI is InChI=1S/C21H24N4O5S/c1-23(16-22)20(26)18(15-31(28,29)14-17-6-3-2-4-7-17)24-9-11-25(12-10-24)21(27)19-8-5-13-30-19/h2-8,13,18H,9-12,14-15H2,1H3/t18-/m0/s1. The molecule has 1 saturated heterocycles. The summed E-state index contributed by atoms with van der Waals surface area (Å²) in [6, 6.07) is 11.0. The Morgan fingerprint density at radius 3 is 2.39 bits per heavy atom. The molecule has 3 rings (SSSR count). The molecular formula is C21H24N4O5S. The average Bonchev–Trinajstić information content (AvgIpc) is 3.31. The van der Waals surface area contributed by atoms with Crippen molar-refractivity contribution in [1.82, 2.24) is 14.7 Å². The van der Waals surface area contributed by atoms with Crippen LogP contribution >= 0.6 is 0 Å². The third kappa shape index (κ3) is 5.71. The molecular weight excluding hydrogens is 420 g/mol. The second-order valence-corrected chi connectivity index (χ2v) is 9.47. The molecule has 2 heterocycles. The monoisotopic (exact) mass is 444 g/mol. The van der Waals surface area contributed by atoms with Gasteiger partial charge >= 0.3 is 0 Å². The minimum Gasteiger partial charge on any atom is -0.459 e. The number of rotatable bonds is 7. The van der Waals surface area contributed by atoms with Gasteiger partial charge in [-0.15, -0.1) is 0 Å². The number of nitrogens with zero attached hydrogens (tertiary/aromatic N) is 4. The number of hydrogen-bond donors (Lipinski definition) is 0. The molecule has 10 heteroatoms. The zero-order chi connectivity index (χ0) is 22.4. The van der Waals surface area contributed by atoms with Crippen molar-refractivity contribution in [3.63, 3.8) is 0 Å². The quantitative estimate of drug-likeness (QED) is 0.461. The van der Waals surface area contributed by atoms with E-state index in [2.05, 4.69) is 0 Å². The average molecular weight is 445 g/mol. The number of benzene rings is 1. The lowest BCUT2D eigenvalue weighted by molar-refractivity contribution is -0.132. The number of nitriles is 1. The second kappa shape index (κ2) is 9.76. The molecule has 0 bridgehead atoms. The van der Waals surface area contributed by atoms with E-state index < -0.39 is 27.5 Å². The Morgan fingerprint density at radius 2 is 1.81 bits per heavy atom. The Kier molecular flexibility index (Phi) is 7.09. The molecule has 1 atom stereocenters. The summed E-state index contributed by atoms with van der Waals surface area (Å²) in [6.07, 6.45) is 3.17. The Bertz CT molecular complexity index is 1040. The van der Waals surface area contributed by atoms with E-state index in [-0.39, 0.29) is 17.4 Å². The number of furan rings is 1. The Hall–Kier alpha value is -3.16. The fourth-order valence-electron chi connectivity index (χ4n) is 3.53. The summed E-state index contributed by atoms with van der Waals surface area (Å²) in [7, 11) is -2.31. The van der Waals surface area contributed by atoms with E-state index in [9.17, 15) is 18.0 Å². The van der Waals surface area contributed by atoms with Crippen LogP contribution in [0.3, 0.4) is 0 Å². The van der Waals surface area contributed by atoms with E-state index in [1.807, 2.05) is 0 Å². The highest BCUT2D eigenvalue weighted by molar-refractivity contribution is 7.90. The van der Waals surface area contributed by atoms with Gasteiger partial charge in [0.2, 0.25) is 0 Å². The molecule has 0 unspecified atom stereocenters. The van der Waals surface area contributed by atoms with Crippen LogP contribution in [0.15, 0.2) is 53.1 Å². The van der Waals surface area contributed by atoms with Crippen molar-refractivity contribution in [3.8, 4) is 6.19 Å². The van der Waals surface area contributed by atoms with Crippen molar-refractivity contribution in [1.29, 1.82) is 5.26 Å². The summed E-state index contributed by atoms with van der Waals surface area (Å²) in [5, 5.41) is 9.13. The number of carbonyl (C=O) groups is 2. The van der Waals surface area contributed by atoms with E-state index >= 15 is 0 Å². The molecule has 1 aromatic carbocycles. The Labute approximate surface area is 181 Å². The smallest absolute Gasteiger partial charge is 0.289 e. The third-order valence-electron chi connectivity index (χ3n) is 5.18. The van der Waals surface area contributed by atoms with Crippen molar-refractivity contribution in [2.24, 2.45) is 0 Å². The SMILES string of the molecule is CN(C#N)C(=O)[C@H](CS(=O)(=O)Cc1ccccc1)N1CCN(C(=O)c2ccco2)CC1. The number of carbonyl (C=O) groups excluding carboxylic acids is 2. The Balaban J connectivity index is 1.72. The zero-order valence-corrected chi connectivity index (χ0v) is 18.0. The van der Waals surface area contributed by atoms with Crippen LogP contribution in [-0.2, 0) is 20.4 Å². The molecule has 0 aliphatic carbocycles. The first-order valence-electron chi connectivity index (χ1n) is 9.79. The zero-order valence-electron chi connectivity index (χ0n) is 17.2. The molecule has 1 aromatic heterocycles. The first kappa shape index (κ1) is 22.5. The molecule has 2 aromatic rings. The van der Waals surface area contributed by atoms with E-state index in [1.165, 1.54) is 13.3 Å². The highest BCUT2D eigenvalue weighted by Gasteiger charge is 2.36. The maximum absolute atomic E-state index is 12.8. The molecule has 9 nitrogen and oxygen atoms in total. The van der Waals surface area contributed by atoms with Crippen molar-refractivity contribution < 1.29 is 22.4 Å². The van der Waals surface area contributed by atoms with Crippen molar-refractivity contribution in [3.05, 3.63) is 60.1 Å². The largest absolute Gasteiger partial charge is 0.459 e. The van der Waals surface area contributed by atoms with Gasteiger partial charge in [-0.2, -0.15) is 5.26 Å². The summed E-state index contributed by atoms with van der Waals surface area (Å²) in [6.45, 7) is 1.25. The van der Waals surface area contributed by atoms with Crippen LogP contribution in [0.25, 0.3) is 0 Å². The molecule has 0 saturated carbocycles. The van der Waals surface area contributed by atoms with Crippen LogP contribution in [-0.4, -0.2) is 80.0 Å². The lowest BCUT2D eigenvalue weighted by atomic mass is 10.2. The first-order chi connectivity index (χ1) is 14.8. The minimum absolute atomic E-state index is 0.190. The maximum atomic E-state index is 12.8. The number of likely N-dealkylation sites (N-methyl/N-ethyl adjacent to an activating group) is 1. The van der Waals surface area contributed by atoms with Crippen molar-refractivity contribution in [2.75, 3.05) is 39.0 Å². The highest BCUT2D eigenvalue weighted by Crippen LogP contribution is 2.16. The van der Waals surface area contributed by atoms with Gasteiger partial charge in [0.05, 0.1) is 17.8 Å². The molecule has 1 aliphatic rings. The van der Waals surface area contributed by atoms with Crippen LogP contribution in [0, 0.1) is 11.5 Å². The van der Waals surface area contributed by atoms with Gasteiger partial charge in [0.15, 0.2) is 21.8 Å². The summed E-state index contributed by atoms with van der Waals surface area (Å²) in [4.78, 5) is 29.4. The van der Waals surface area contributed by atoms with Crippen LogP contribution in [0.5, 0.6) is 0 Å². The van der Waals surface area contributed by atoms with Gasteiger partial charge in [-0.1, -0.05) is 30.3 Å². The van der Waals surface area contributed by atoms with Gasteiger partial charge in [-0.25, -0.2) is 8.42 Å². The van der Waals surface area contributed by atoms with E-state index in [0.717, 1.165) is 4.90 Å². The molecule has 1 aliphatic heterocycles. The van der Waals surface area contributed by atoms with Crippen LogP contribution < -0.4 is 0 Å². The minimum atomic E-state index is -3.63. The fourth-order valence-corrected chi connectivity index (χ4v) is 5.18. The van der Waals surface area contributed by atoms with Gasteiger partial charge < -0.3 is 9.32 Å². The lowest BCUT2D eigenvalue weighted by Crippen LogP contribution is -2.57. The van der Waals surface area contributed by atoms with Crippen molar-refractivity contribution in [2.45, 2.75) is 11.8 Å². The molecule has 31 heavy (non-hydrogen) atoms. The molecule has 0 spiro atoms. The summed E-state index contributed by atoms with van der Waals surface area (Å²) in [5.41, 5.74) is 0.635. The number of piperazine rings is 1.